The van der Waals surface area contributed by atoms with Crippen molar-refractivity contribution in [1.29, 1.82) is 0 Å². The van der Waals surface area contributed by atoms with Gasteiger partial charge in [-0.3, -0.25) is 9.59 Å². The van der Waals surface area contributed by atoms with Gasteiger partial charge in [0.1, 0.15) is 5.54 Å². The van der Waals surface area contributed by atoms with Gasteiger partial charge in [0.25, 0.3) is 0 Å². The third-order valence-electron chi connectivity index (χ3n) is 4.77. The fraction of sp³-hybridized carbons (Fsp3) is 0.0909. The number of halogens is 1. The van der Waals surface area contributed by atoms with Crippen LogP contribution in [0.5, 0.6) is 0 Å². The van der Waals surface area contributed by atoms with Gasteiger partial charge < -0.3 is 5.32 Å². The van der Waals surface area contributed by atoms with Crippen molar-refractivity contribution in [3.05, 3.63) is 101 Å². The highest BCUT2D eigenvalue weighted by Gasteiger charge is 2.47. The molecule has 1 atom stereocenters. The molecule has 1 aliphatic heterocycles. The van der Waals surface area contributed by atoms with E-state index in [1.807, 2.05) is 48.5 Å². The standard InChI is InChI=1S/C22H16ClNO2/c23-17-12-10-15(11-13-17)20(25)14-22(16-6-2-1-3-7-16)21(26)18-8-4-5-9-19(18)24-22/h1-13,24H,14H2. The minimum Gasteiger partial charge on any atom is -0.368 e. The van der Waals surface area contributed by atoms with Gasteiger partial charge in [-0.25, -0.2) is 0 Å². The minimum absolute atomic E-state index is 0.0339. The highest BCUT2D eigenvalue weighted by Crippen LogP contribution is 2.42. The second kappa shape index (κ2) is 6.43. The molecule has 26 heavy (non-hydrogen) atoms. The molecule has 0 fully saturated rings. The number of Topliss-reactive ketones (excluding diaryl/α,β-unsaturated/α-hetero) is 2. The van der Waals surface area contributed by atoms with Crippen LogP contribution in [0.2, 0.25) is 5.02 Å². The molecule has 3 nitrogen and oxygen atoms in total. The molecular formula is C22H16ClNO2. The van der Waals surface area contributed by atoms with Gasteiger partial charge in [-0.05, 0) is 42.0 Å². The summed E-state index contributed by atoms with van der Waals surface area (Å²) >= 11 is 5.92. The van der Waals surface area contributed by atoms with Crippen LogP contribution in [0.25, 0.3) is 0 Å². The number of ketones is 2. The third kappa shape index (κ3) is 2.71. The molecule has 4 rings (SSSR count). The number of hydrogen-bond acceptors (Lipinski definition) is 3. The SMILES string of the molecule is O=C(CC1(c2ccccc2)Nc2ccccc2C1=O)c1ccc(Cl)cc1. The van der Waals surface area contributed by atoms with E-state index in [2.05, 4.69) is 5.32 Å². The van der Waals surface area contributed by atoms with Gasteiger partial charge in [0.2, 0.25) is 0 Å². The van der Waals surface area contributed by atoms with Crippen molar-refractivity contribution >= 4 is 28.9 Å². The number of carbonyl (C=O) groups is 2. The maximum Gasteiger partial charge on any atom is 0.195 e. The first kappa shape index (κ1) is 16.6. The number of hydrogen-bond donors (Lipinski definition) is 1. The fourth-order valence-electron chi connectivity index (χ4n) is 3.44. The molecule has 1 heterocycles. The van der Waals surface area contributed by atoms with Crippen molar-refractivity contribution in [3.63, 3.8) is 0 Å². The monoisotopic (exact) mass is 361 g/mol. The summed E-state index contributed by atoms with van der Waals surface area (Å²) in [5, 5.41) is 3.90. The molecule has 0 spiro atoms. The van der Waals surface area contributed by atoms with Crippen LogP contribution in [0, 0.1) is 0 Å². The second-order valence-electron chi connectivity index (χ2n) is 6.38. The lowest BCUT2D eigenvalue weighted by Gasteiger charge is -2.28. The lowest BCUT2D eigenvalue weighted by molar-refractivity contribution is 0.0846. The van der Waals surface area contributed by atoms with Gasteiger partial charge in [-0.15, -0.1) is 0 Å². The zero-order valence-electron chi connectivity index (χ0n) is 13.9. The Kier molecular flexibility index (Phi) is 4.09. The first-order valence-electron chi connectivity index (χ1n) is 8.36. The number of benzene rings is 3. The number of anilines is 1. The third-order valence-corrected chi connectivity index (χ3v) is 5.02. The van der Waals surface area contributed by atoms with E-state index in [9.17, 15) is 9.59 Å². The number of carbonyl (C=O) groups excluding carboxylic acids is 2. The van der Waals surface area contributed by atoms with Crippen molar-refractivity contribution in [2.24, 2.45) is 0 Å². The van der Waals surface area contributed by atoms with Gasteiger partial charge in [-0.2, -0.15) is 0 Å². The van der Waals surface area contributed by atoms with Crippen LogP contribution in [0.3, 0.4) is 0 Å². The topological polar surface area (TPSA) is 46.2 Å². The second-order valence-corrected chi connectivity index (χ2v) is 6.81. The van der Waals surface area contributed by atoms with Crippen LogP contribution < -0.4 is 5.32 Å². The van der Waals surface area contributed by atoms with E-state index in [-0.39, 0.29) is 18.0 Å². The Morgan fingerprint density at radius 3 is 2.23 bits per heavy atom. The van der Waals surface area contributed by atoms with Gasteiger partial charge in [0, 0.05) is 28.3 Å². The first-order valence-corrected chi connectivity index (χ1v) is 8.74. The van der Waals surface area contributed by atoms with Crippen molar-refractivity contribution in [2.75, 3.05) is 5.32 Å². The summed E-state index contributed by atoms with van der Waals surface area (Å²) in [6.07, 6.45) is 0.0339. The predicted octanol–water partition coefficient (Wildman–Crippen LogP) is 5.12. The van der Waals surface area contributed by atoms with Crippen molar-refractivity contribution in [3.8, 4) is 0 Å². The largest absolute Gasteiger partial charge is 0.368 e. The van der Waals surface area contributed by atoms with Crippen LogP contribution >= 0.6 is 11.6 Å². The van der Waals surface area contributed by atoms with E-state index < -0.39 is 5.54 Å². The number of rotatable bonds is 4. The van der Waals surface area contributed by atoms with Crippen LogP contribution in [0.1, 0.15) is 32.7 Å². The average Bonchev–Trinajstić information content (AvgIpc) is 2.96. The maximum atomic E-state index is 13.3. The Bertz CT molecular complexity index is 983. The molecule has 1 aliphatic rings. The Hall–Kier alpha value is -2.91. The average molecular weight is 362 g/mol. The number of fused-ring (bicyclic) bond motifs is 1. The molecule has 0 saturated carbocycles. The quantitative estimate of drug-likeness (QED) is 0.656. The summed E-state index contributed by atoms with van der Waals surface area (Å²) in [5.74, 6) is -0.194. The smallest absolute Gasteiger partial charge is 0.195 e. The van der Waals surface area contributed by atoms with E-state index in [0.717, 1.165) is 11.3 Å². The van der Waals surface area contributed by atoms with Crippen LogP contribution in [0.4, 0.5) is 5.69 Å². The summed E-state index contributed by atoms with van der Waals surface area (Å²) < 4.78 is 0. The van der Waals surface area contributed by atoms with Crippen LogP contribution in [0.15, 0.2) is 78.9 Å². The molecule has 3 aromatic rings. The van der Waals surface area contributed by atoms with Gasteiger partial charge in [0.15, 0.2) is 11.6 Å². The molecule has 0 aromatic heterocycles. The zero-order valence-corrected chi connectivity index (χ0v) is 14.7. The molecule has 0 saturated heterocycles. The highest BCUT2D eigenvalue weighted by atomic mass is 35.5. The maximum absolute atomic E-state index is 13.3. The van der Waals surface area contributed by atoms with Crippen molar-refractivity contribution in [2.45, 2.75) is 12.0 Å². The lowest BCUT2D eigenvalue weighted by atomic mass is 9.80. The van der Waals surface area contributed by atoms with E-state index in [4.69, 9.17) is 11.6 Å². The molecule has 1 N–H and O–H groups in total. The summed E-state index contributed by atoms with van der Waals surface area (Å²) in [4.78, 5) is 26.3. The summed E-state index contributed by atoms with van der Waals surface area (Å²) in [5.41, 5.74) is 1.59. The Balaban J connectivity index is 1.77. The Morgan fingerprint density at radius 2 is 1.54 bits per heavy atom. The first-order chi connectivity index (χ1) is 12.6. The van der Waals surface area contributed by atoms with Crippen LogP contribution in [-0.2, 0) is 5.54 Å². The molecule has 0 aliphatic carbocycles. The summed E-state index contributed by atoms with van der Waals surface area (Å²) in [6.45, 7) is 0. The normalized spacial score (nSPS) is 18.3. The minimum atomic E-state index is -1.10. The van der Waals surface area contributed by atoms with E-state index in [1.54, 1.807) is 30.3 Å². The van der Waals surface area contributed by atoms with E-state index >= 15 is 0 Å². The van der Waals surface area contributed by atoms with Crippen LogP contribution in [-0.4, -0.2) is 11.6 Å². The molecule has 4 heteroatoms. The molecule has 3 aromatic carbocycles. The fourth-order valence-corrected chi connectivity index (χ4v) is 3.56. The lowest BCUT2D eigenvalue weighted by Crippen LogP contribution is -2.40. The number of para-hydroxylation sites is 1. The van der Waals surface area contributed by atoms with Crippen molar-refractivity contribution in [1.82, 2.24) is 0 Å². The highest BCUT2D eigenvalue weighted by molar-refractivity contribution is 6.30. The number of nitrogens with one attached hydrogen (secondary N) is 1. The molecule has 1 unspecified atom stereocenters. The molecule has 128 valence electrons. The van der Waals surface area contributed by atoms with Crippen molar-refractivity contribution < 1.29 is 9.59 Å². The zero-order chi connectivity index (χ0) is 18.1. The summed E-state index contributed by atoms with van der Waals surface area (Å²) in [7, 11) is 0. The molecular weight excluding hydrogens is 346 g/mol. The molecule has 0 amide bonds. The predicted molar refractivity (Wildman–Crippen MR) is 103 cm³/mol. The molecule has 0 radical (unpaired) electrons. The van der Waals surface area contributed by atoms with Gasteiger partial charge in [-0.1, -0.05) is 54.1 Å². The Labute approximate surface area is 156 Å². The van der Waals surface area contributed by atoms with E-state index in [0.29, 0.717) is 16.1 Å². The molecule has 0 bridgehead atoms. The summed E-state index contributed by atoms with van der Waals surface area (Å²) in [6, 6.07) is 23.5. The van der Waals surface area contributed by atoms with Gasteiger partial charge in [0.05, 0.1) is 0 Å². The van der Waals surface area contributed by atoms with E-state index in [1.165, 1.54) is 0 Å². The Morgan fingerprint density at radius 1 is 0.885 bits per heavy atom. The van der Waals surface area contributed by atoms with Gasteiger partial charge >= 0.3 is 0 Å².